The molecule has 0 saturated carbocycles. The van der Waals surface area contributed by atoms with Crippen LogP contribution in [0.15, 0.2) is 35.8 Å². The van der Waals surface area contributed by atoms with Gasteiger partial charge in [-0.05, 0) is 17.5 Å². The smallest absolute Gasteiger partial charge is 0.217 e. The highest BCUT2D eigenvalue weighted by Crippen LogP contribution is 2.24. The van der Waals surface area contributed by atoms with Crippen molar-refractivity contribution in [3.63, 3.8) is 0 Å². The van der Waals surface area contributed by atoms with Crippen LogP contribution in [0, 0.1) is 5.95 Å². The first-order valence-corrected chi connectivity index (χ1v) is 5.06. The largest absolute Gasteiger partial charge is 0.319 e. The van der Waals surface area contributed by atoms with E-state index in [1.807, 2.05) is 17.5 Å². The minimum atomic E-state index is -0.492. The van der Waals surface area contributed by atoms with Gasteiger partial charge in [-0.2, -0.15) is 4.39 Å². The Kier molecular flexibility index (Phi) is 2.56. The predicted molar refractivity (Wildman–Crippen MR) is 54.5 cm³/mol. The molecule has 0 aromatic carbocycles. The third-order valence-electron chi connectivity index (χ3n) is 1.97. The van der Waals surface area contributed by atoms with E-state index in [4.69, 9.17) is 5.73 Å². The number of rotatable bonds is 2. The van der Waals surface area contributed by atoms with Gasteiger partial charge >= 0.3 is 0 Å². The van der Waals surface area contributed by atoms with Gasteiger partial charge in [-0.1, -0.05) is 12.1 Å². The Balaban J connectivity index is 2.37. The van der Waals surface area contributed by atoms with Gasteiger partial charge in [-0.3, -0.25) is 0 Å². The third-order valence-corrected chi connectivity index (χ3v) is 2.93. The fourth-order valence-corrected chi connectivity index (χ4v) is 2.00. The second-order valence-electron chi connectivity index (χ2n) is 2.88. The lowest BCUT2D eigenvalue weighted by Crippen LogP contribution is -2.12. The van der Waals surface area contributed by atoms with Gasteiger partial charge in [0.05, 0.1) is 6.04 Å². The first-order chi connectivity index (χ1) is 6.79. The quantitative estimate of drug-likeness (QED) is 0.769. The van der Waals surface area contributed by atoms with Gasteiger partial charge in [0.15, 0.2) is 0 Å². The van der Waals surface area contributed by atoms with Crippen LogP contribution in [0.25, 0.3) is 0 Å². The van der Waals surface area contributed by atoms with E-state index in [1.54, 1.807) is 12.1 Å². The average Bonchev–Trinajstić information content (AvgIpc) is 2.70. The number of nitrogens with zero attached hydrogens (tertiary/aromatic N) is 1. The molecule has 1 atom stereocenters. The molecule has 0 radical (unpaired) electrons. The maximum absolute atomic E-state index is 13.2. The van der Waals surface area contributed by atoms with Gasteiger partial charge in [0.25, 0.3) is 0 Å². The summed E-state index contributed by atoms with van der Waals surface area (Å²) in [5, 5.41) is 1.92. The van der Waals surface area contributed by atoms with Crippen LogP contribution in [-0.4, -0.2) is 4.98 Å². The van der Waals surface area contributed by atoms with Gasteiger partial charge in [-0.15, -0.1) is 11.3 Å². The van der Waals surface area contributed by atoms with Crippen molar-refractivity contribution in [2.45, 2.75) is 6.04 Å². The van der Waals surface area contributed by atoms with Gasteiger partial charge in [-0.25, -0.2) is 4.98 Å². The van der Waals surface area contributed by atoms with Crippen molar-refractivity contribution in [2.24, 2.45) is 5.73 Å². The zero-order chi connectivity index (χ0) is 9.97. The van der Waals surface area contributed by atoms with E-state index in [0.717, 1.165) is 4.88 Å². The van der Waals surface area contributed by atoms with Crippen molar-refractivity contribution in [1.82, 2.24) is 4.98 Å². The molecule has 0 aliphatic heterocycles. The molecule has 0 saturated heterocycles. The van der Waals surface area contributed by atoms with Crippen molar-refractivity contribution < 1.29 is 4.39 Å². The predicted octanol–water partition coefficient (Wildman–Crippen LogP) is 2.33. The molecule has 0 fully saturated rings. The van der Waals surface area contributed by atoms with Crippen LogP contribution < -0.4 is 5.73 Å². The van der Waals surface area contributed by atoms with Crippen molar-refractivity contribution >= 4 is 11.3 Å². The molecule has 0 amide bonds. The molecule has 4 heteroatoms. The maximum Gasteiger partial charge on any atom is 0.217 e. The molecule has 2 aromatic rings. The topological polar surface area (TPSA) is 38.9 Å². The molecular weight excluding hydrogens is 199 g/mol. The summed E-state index contributed by atoms with van der Waals surface area (Å²) in [6, 6.07) is 6.72. The summed E-state index contributed by atoms with van der Waals surface area (Å²) in [6.07, 6.45) is 1.42. The van der Waals surface area contributed by atoms with Crippen molar-refractivity contribution in [3.8, 4) is 0 Å². The minimum Gasteiger partial charge on any atom is -0.319 e. The first-order valence-electron chi connectivity index (χ1n) is 4.18. The summed E-state index contributed by atoms with van der Waals surface area (Å²) in [5.74, 6) is -0.492. The van der Waals surface area contributed by atoms with E-state index in [0.29, 0.717) is 5.56 Å². The number of aromatic nitrogens is 1. The Morgan fingerprint density at radius 1 is 1.36 bits per heavy atom. The van der Waals surface area contributed by atoms with Crippen LogP contribution in [0.2, 0.25) is 0 Å². The Labute approximate surface area is 85.2 Å². The molecule has 2 nitrogen and oxygen atoms in total. The molecular formula is C10H9FN2S. The molecule has 0 spiro atoms. The number of pyridine rings is 1. The van der Waals surface area contributed by atoms with Crippen LogP contribution in [-0.2, 0) is 0 Å². The molecule has 14 heavy (non-hydrogen) atoms. The molecule has 2 N–H and O–H groups in total. The van der Waals surface area contributed by atoms with Crippen LogP contribution in [0.5, 0.6) is 0 Å². The molecule has 2 heterocycles. The fourth-order valence-electron chi connectivity index (χ4n) is 1.25. The van der Waals surface area contributed by atoms with Gasteiger partial charge in [0, 0.05) is 16.6 Å². The summed E-state index contributed by atoms with van der Waals surface area (Å²) in [6.45, 7) is 0. The van der Waals surface area contributed by atoms with E-state index in [-0.39, 0.29) is 0 Å². The monoisotopic (exact) mass is 208 g/mol. The zero-order valence-corrected chi connectivity index (χ0v) is 8.17. The zero-order valence-electron chi connectivity index (χ0n) is 7.35. The Bertz CT molecular complexity index is 414. The van der Waals surface area contributed by atoms with Crippen LogP contribution >= 0.6 is 11.3 Å². The number of hydrogen-bond donors (Lipinski definition) is 1. The van der Waals surface area contributed by atoms with E-state index in [1.165, 1.54) is 17.5 Å². The van der Waals surface area contributed by atoms with Gasteiger partial charge < -0.3 is 5.73 Å². The molecule has 72 valence electrons. The van der Waals surface area contributed by atoms with E-state index in [2.05, 4.69) is 4.98 Å². The summed E-state index contributed by atoms with van der Waals surface area (Å²) in [7, 11) is 0. The summed E-state index contributed by atoms with van der Waals surface area (Å²) in [4.78, 5) is 4.51. The fraction of sp³-hybridized carbons (Fsp3) is 0.100. The van der Waals surface area contributed by atoms with Crippen LogP contribution in [0.3, 0.4) is 0 Å². The lowest BCUT2D eigenvalue weighted by atomic mass is 10.1. The third kappa shape index (κ3) is 1.66. The SMILES string of the molecule is N[C@@H](c1cccs1)c1cccnc1F. The standard InChI is InChI=1S/C10H9FN2S/c11-10-7(3-1-5-13-10)9(12)8-4-2-6-14-8/h1-6,9H,12H2/t9-/m1/s1. The van der Waals surface area contributed by atoms with E-state index >= 15 is 0 Å². The van der Waals surface area contributed by atoms with Crippen LogP contribution in [0.4, 0.5) is 4.39 Å². The molecule has 2 aromatic heterocycles. The lowest BCUT2D eigenvalue weighted by molar-refractivity contribution is 0.559. The molecule has 0 unspecified atom stereocenters. The number of hydrogen-bond acceptors (Lipinski definition) is 3. The molecule has 0 bridgehead atoms. The van der Waals surface area contributed by atoms with E-state index < -0.39 is 12.0 Å². The van der Waals surface area contributed by atoms with E-state index in [9.17, 15) is 4.39 Å². The van der Waals surface area contributed by atoms with Gasteiger partial charge in [0.2, 0.25) is 5.95 Å². The van der Waals surface area contributed by atoms with Crippen molar-refractivity contribution in [3.05, 3.63) is 52.2 Å². The summed E-state index contributed by atoms with van der Waals surface area (Å²) in [5.41, 5.74) is 6.33. The highest BCUT2D eigenvalue weighted by Gasteiger charge is 2.14. The second-order valence-corrected chi connectivity index (χ2v) is 3.86. The number of halogens is 1. The lowest BCUT2D eigenvalue weighted by Gasteiger charge is -2.09. The van der Waals surface area contributed by atoms with Crippen molar-refractivity contribution in [1.29, 1.82) is 0 Å². The normalized spacial score (nSPS) is 12.7. The van der Waals surface area contributed by atoms with Gasteiger partial charge in [0.1, 0.15) is 0 Å². The Hall–Kier alpha value is -1.26. The summed E-state index contributed by atoms with van der Waals surface area (Å²) < 4.78 is 13.2. The van der Waals surface area contributed by atoms with Crippen LogP contribution in [0.1, 0.15) is 16.5 Å². The average molecular weight is 208 g/mol. The highest BCUT2D eigenvalue weighted by molar-refractivity contribution is 7.10. The first kappa shape index (κ1) is 9.30. The number of thiophene rings is 1. The second kappa shape index (κ2) is 3.86. The Morgan fingerprint density at radius 3 is 2.86 bits per heavy atom. The highest BCUT2D eigenvalue weighted by atomic mass is 32.1. The molecule has 0 aliphatic carbocycles. The Morgan fingerprint density at radius 2 is 2.21 bits per heavy atom. The molecule has 2 rings (SSSR count). The number of nitrogens with two attached hydrogens (primary N) is 1. The minimum absolute atomic E-state index is 0.413. The summed E-state index contributed by atoms with van der Waals surface area (Å²) >= 11 is 1.52. The maximum atomic E-state index is 13.2. The van der Waals surface area contributed by atoms with Crippen molar-refractivity contribution in [2.75, 3.05) is 0 Å². The molecule has 0 aliphatic rings.